The van der Waals surface area contributed by atoms with Gasteiger partial charge in [0.2, 0.25) is 0 Å². The molecule has 102 valence electrons. The van der Waals surface area contributed by atoms with Crippen LogP contribution in [0.4, 0.5) is 0 Å². The highest BCUT2D eigenvalue weighted by atomic mass is 32.2. The number of aryl methyl sites for hydroxylation is 2. The second-order valence-electron chi connectivity index (χ2n) is 4.54. The summed E-state index contributed by atoms with van der Waals surface area (Å²) in [6, 6.07) is 8.99. The zero-order valence-corrected chi connectivity index (χ0v) is 12.7. The van der Waals surface area contributed by atoms with Crippen molar-refractivity contribution in [3.8, 4) is 0 Å². The van der Waals surface area contributed by atoms with Crippen molar-refractivity contribution in [2.75, 3.05) is 7.05 Å². The summed E-state index contributed by atoms with van der Waals surface area (Å²) in [5.41, 5.74) is 2.27. The molecule has 1 atom stereocenters. The lowest BCUT2D eigenvalue weighted by Gasteiger charge is -2.14. The van der Waals surface area contributed by atoms with E-state index in [1.54, 1.807) is 11.8 Å². The van der Waals surface area contributed by atoms with E-state index in [2.05, 4.69) is 41.5 Å². The first-order chi connectivity index (χ1) is 9.13. The van der Waals surface area contributed by atoms with E-state index in [0.29, 0.717) is 11.3 Å². The molecule has 0 aliphatic carbocycles. The minimum atomic E-state index is 0.422. The lowest BCUT2D eigenvalue weighted by atomic mass is 10.1. The number of aromatic nitrogens is 1. The van der Waals surface area contributed by atoms with Crippen LogP contribution in [-0.2, 0) is 0 Å². The monoisotopic (exact) mass is 276 g/mol. The topological polar surface area (TPSA) is 38.1 Å². The molecule has 2 rings (SSSR count). The molecule has 0 radical (unpaired) electrons. The number of oxazole rings is 1. The van der Waals surface area contributed by atoms with E-state index in [1.165, 1.54) is 5.56 Å². The third-order valence-corrected chi connectivity index (χ3v) is 4.11. The molecule has 1 heterocycles. The minimum Gasteiger partial charge on any atom is -0.436 e. The summed E-state index contributed by atoms with van der Waals surface area (Å²) < 4.78 is 5.58. The van der Waals surface area contributed by atoms with Crippen LogP contribution in [0.2, 0.25) is 0 Å². The SMILES string of the molecule is CCC(NC)c1ccc(Sc2nc(C)c(C)o2)cc1. The maximum absolute atomic E-state index is 5.58. The fraction of sp³-hybridized carbons (Fsp3) is 0.400. The van der Waals surface area contributed by atoms with Gasteiger partial charge in [0.15, 0.2) is 0 Å². The van der Waals surface area contributed by atoms with Crippen molar-refractivity contribution in [1.29, 1.82) is 0 Å². The van der Waals surface area contributed by atoms with Crippen LogP contribution in [0, 0.1) is 13.8 Å². The Balaban J connectivity index is 2.10. The number of hydrogen-bond donors (Lipinski definition) is 1. The predicted octanol–water partition coefficient (Wildman–Crippen LogP) is 4.11. The van der Waals surface area contributed by atoms with E-state index < -0.39 is 0 Å². The molecule has 0 aliphatic heterocycles. The van der Waals surface area contributed by atoms with Crippen LogP contribution in [0.25, 0.3) is 0 Å². The summed E-state index contributed by atoms with van der Waals surface area (Å²) in [5.74, 6) is 0.889. The Labute approximate surface area is 118 Å². The molecule has 1 unspecified atom stereocenters. The summed E-state index contributed by atoms with van der Waals surface area (Å²) in [6.07, 6.45) is 1.08. The molecular weight excluding hydrogens is 256 g/mol. The summed E-state index contributed by atoms with van der Waals surface area (Å²) in [7, 11) is 2.00. The number of nitrogens with one attached hydrogen (secondary N) is 1. The van der Waals surface area contributed by atoms with Gasteiger partial charge in [0.25, 0.3) is 5.22 Å². The fourth-order valence-corrected chi connectivity index (χ4v) is 2.79. The number of nitrogens with zero attached hydrogens (tertiary/aromatic N) is 1. The van der Waals surface area contributed by atoms with Gasteiger partial charge in [-0.2, -0.15) is 0 Å². The third-order valence-electron chi connectivity index (χ3n) is 3.25. The molecular formula is C15H20N2OS. The molecule has 0 amide bonds. The Bertz CT molecular complexity index is 510. The molecule has 0 spiro atoms. The highest BCUT2D eigenvalue weighted by molar-refractivity contribution is 7.99. The van der Waals surface area contributed by atoms with Crippen molar-refractivity contribution in [2.24, 2.45) is 0 Å². The normalized spacial score (nSPS) is 12.6. The number of hydrogen-bond acceptors (Lipinski definition) is 4. The zero-order chi connectivity index (χ0) is 13.8. The third kappa shape index (κ3) is 3.39. The molecule has 1 aromatic carbocycles. The smallest absolute Gasteiger partial charge is 0.260 e. The Kier molecular flexibility index (Phi) is 4.66. The van der Waals surface area contributed by atoms with E-state index in [4.69, 9.17) is 4.42 Å². The zero-order valence-electron chi connectivity index (χ0n) is 11.9. The van der Waals surface area contributed by atoms with Crippen molar-refractivity contribution in [3.63, 3.8) is 0 Å². The molecule has 0 fully saturated rings. The lowest BCUT2D eigenvalue weighted by molar-refractivity contribution is 0.431. The molecule has 0 aliphatic rings. The Morgan fingerprint density at radius 2 is 1.95 bits per heavy atom. The average molecular weight is 276 g/mol. The Morgan fingerprint density at radius 1 is 1.26 bits per heavy atom. The highest BCUT2D eigenvalue weighted by Crippen LogP contribution is 2.29. The maximum Gasteiger partial charge on any atom is 0.260 e. The predicted molar refractivity (Wildman–Crippen MR) is 78.6 cm³/mol. The lowest BCUT2D eigenvalue weighted by Crippen LogP contribution is -2.14. The van der Waals surface area contributed by atoms with Crippen LogP contribution in [0.3, 0.4) is 0 Å². The van der Waals surface area contributed by atoms with Gasteiger partial charge in [0, 0.05) is 10.9 Å². The maximum atomic E-state index is 5.58. The number of benzene rings is 1. The molecule has 4 heteroatoms. The van der Waals surface area contributed by atoms with Crippen molar-refractivity contribution in [2.45, 2.75) is 43.4 Å². The molecule has 19 heavy (non-hydrogen) atoms. The van der Waals surface area contributed by atoms with Gasteiger partial charge in [-0.25, -0.2) is 4.98 Å². The van der Waals surface area contributed by atoms with Crippen LogP contribution in [0.5, 0.6) is 0 Å². The molecule has 0 bridgehead atoms. The second kappa shape index (κ2) is 6.26. The summed E-state index contributed by atoms with van der Waals surface area (Å²) in [5, 5.41) is 4.02. The highest BCUT2D eigenvalue weighted by Gasteiger charge is 2.09. The van der Waals surface area contributed by atoms with E-state index in [-0.39, 0.29) is 0 Å². The second-order valence-corrected chi connectivity index (χ2v) is 5.57. The summed E-state index contributed by atoms with van der Waals surface area (Å²) >= 11 is 1.56. The van der Waals surface area contributed by atoms with Gasteiger partial charge < -0.3 is 9.73 Å². The minimum absolute atomic E-state index is 0.422. The van der Waals surface area contributed by atoms with Crippen molar-refractivity contribution < 1.29 is 4.42 Å². The van der Waals surface area contributed by atoms with E-state index in [0.717, 1.165) is 22.8 Å². The first-order valence-corrected chi connectivity index (χ1v) is 7.34. The van der Waals surface area contributed by atoms with Gasteiger partial charge in [-0.1, -0.05) is 19.1 Å². The van der Waals surface area contributed by atoms with Gasteiger partial charge in [0.1, 0.15) is 5.76 Å². The summed E-state index contributed by atoms with van der Waals surface area (Å²) in [6.45, 7) is 6.08. The van der Waals surface area contributed by atoms with Crippen molar-refractivity contribution >= 4 is 11.8 Å². The molecule has 1 aromatic heterocycles. The van der Waals surface area contributed by atoms with Crippen molar-refractivity contribution in [1.82, 2.24) is 10.3 Å². The van der Waals surface area contributed by atoms with E-state index in [1.807, 2.05) is 20.9 Å². The first-order valence-electron chi connectivity index (χ1n) is 6.53. The molecule has 0 saturated heterocycles. The Hall–Kier alpha value is -1.26. The largest absolute Gasteiger partial charge is 0.436 e. The Morgan fingerprint density at radius 3 is 2.42 bits per heavy atom. The fourth-order valence-electron chi connectivity index (χ4n) is 1.96. The van der Waals surface area contributed by atoms with Crippen molar-refractivity contribution in [3.05, 3.63) is 41.3 Å². The molecule has 0 saturated carbocycles. The van der Waals surface area contributed by atoms with Gasteiger partial charge in [0.05, 0.1) is 5.69 Å². The quantitative estimate of drug-likeness (QED) is 0.891. The standard InChI is InChI=1S/C15H20N2OS/c1-5-14(16-4)12-6-8-13(9-7-12)19-15-17-10(2)11(3)18-15/h6-9,14,16H,5H2,1-4H3. The van der Waals surface area contributed by atoms with Gasteiger partial charge in [-0.05, 0) is 56.8 Å². The van der Waals surface area contributed by atoms with Gasteiger partial charge >= 0.3 is 0 Å². The van der Waals surface area contributed by atoms with Crippen LogP contribution < -0.4 is 5.32 Å². The molecule has 1 N–H and O–H groups in total. The van der Waals surface area contributed by atoms with E-state index >= 15 is 0 Å². The van der Waals surface area contributed by atoms with Crippen LogP contribution in [-0.4, -0.2) is 12.0 Å². The number of rotatable bonds is 5. The molecule has 2 aromatic rings. The molecule has 3 nitrogen and oxygen atoms in total. The summed E-state index contributed by atoms with van der Waals surface area (Å²) in [4.78, 5) is 5.53. The van der Waals surface area contributed by atoms with Crippen LogP contribution in [0.1, 0.15) is 36.4 Å². The van der Waals surface area contributed by atoms with Crippen LogP contribution >= 0.6 is 11.8 Å². The average Bonchev–Trinajstić information content (AvgIpc) is 2.72. The van der Waals surface area contributed by atoms with E-state index in [9.17, 15) is 0 Å². The first kappa shape index (κ1) is 14.2. The van der Waals surface area contributed by atoms with Gasteiger partial charge in [-0.15, -0.1) is 0 Å². The van der Waals surface area contributed by atoms with Gasteiger partial charge in [-0.3, -0.25) is 0 Å². The van der Waals surface area contributed by atoms with Crippen LogP contribution in [0.15, 0.2) is 38.8 Å².